The molecule has 0 amide bonds. The first-order valence-electron chi connectivity index (χ1n) is 6.21. The van der Waals surface area contributed by atoms with Gasteiger partial charge < -0.3 is 10.2 Å². The van der Waals surface area contributed by atoms with Crippen LogP contribution in [0.2, 0.25) is 0 Å². The molecule has 1 aromatic carbocycles. The van der Waals surface area contributed by atoms with Gasteiger partial charge in [-0.1, -0.05) is 0 Å². The molecule has 1 N–H and O–H groups in total. The van der Waals surface area contributed by atoms with Crippen LogP contribution in [0.3, 0.4) is 0 Å². The summed E-state index contributed by atoms with van der Waals surface area (Å²) >= 11 is 0. The molecule has 0 spiro atoms. The molecule has 1 heterocycles. The van der Waals surface area contributed by atoms with Gasteiger partial charge >= 0.3 is 6.18 Å². The third-order valence-corrected chi connectivity index (χ3v) is 3.22. The number of halogens is 3. The quantitative estimate of drug-likeness (QED) is 0.674. The minimum Gasteiger partial charge on any atom is -0.358 e. The summed E-state index contributed by atoms with van der Waals surface area (Å²) in [6.07, 6.45) is -4.91. The topological polar surface area (TPSA) is 102 Å². The summed E-state index contributed by atoms with van der Waals surface area (Å²) in [7, 11) is 0. The van der Waals surface area contributed by atoms with Crippen molar-refractivity contribution in [1.29, 1.82) is 0 Å². The van der Waals surface area contributed by atoms with Gasteiger partial charge in [0.05, 0.1) is 15.4 Å². The first-order valence-corrected chi connectivity index (χ1v) is 6.21. The lowest BCUT2D eigenvalue weighted by Crippen LogP contribution is -2.44. The number of hydrogen-bond acceptors (Lipinski definition) is 6. The molecule has 11 heteroatoms. The molecule has 1 fully saturated rings. The maximum atomic E-state index is 12.8. The van der Waals surface area contributed by atoms with Gasteiger partial charge in [0.2, 0.25) is 0 Å². The molecule has 0 aliphatic carbocycles. The fourth-order valence-corrected chi connectivity index (χ4v) is 2.26. The molecular weight excluding hydrogens is 309 g/mol. The van der Waals surface area contributed by atoms with E-state index in [9.17, 15) is 33.4 Å². The minimum absolute atomic E-state index is 0.229. The van der Waals surface area contributed by atoms with Crippen LogP contribution in [0.4, 0.5) is 30.2 Å². The van der Waals surface area contributed by atoms with Crippen LogP contribution in [-0.2, 0) is 6.18 Å². The number of hydrogen-bond donors (Lipinski definition) is 1. The number of benzene rings is 1. The SMILES string of the molecule is O=[N+]([O-])c1cc(C(F)(F)F)cc([N+](=O)[O-])c1N1CCNCC1. The molecule has 1 aliphatic rings. The predicted molar refractivity (Wildman–Crippen MR) is 69.8 cm³/mol. The Morgan fingerprint density at radius 3 is 1.86 bits per heavy atom. The molecule has 0 aromatic heterocycles. The van der Waals surface area contributed by atoms with Crippen LogP contribution in [0.5, 0.6) is 0 Å². The summed E-state index contributed by atoms with van der Waals surface area (Å²) in [4.78, 5) is 21.5. The van der Waals surface area contributed by atoms with Crippen LogP contribution in [0.25, 0.3) is 0 Å². The van der Waals surface area contributed by atoms with Crippen molar-refractivity contribution in [2.24, 2.45) is 0 Å². The van der Waals surface area contributed by atoms with E-state index in [0.717, 1.165) is 0 Å². The van der Waals surface area contributed by atoms with E-state index in [2.05, 4.69) is 5.32 Å². The van der Waals surface area contributed by atoms with Crippen LogP contribution in [0.1, 0.15) is 5.56 Å². The molecule has 120 valence electrons. The third kappa shape index (κ3) is 3.08. The van der Waals surface area contributed by atoms with Crippen LogP contribution >= 0.6 is 0 Å². The van der Waals surface area contributed by atoms with Gasteiger partial charge in [-0.15, -0.1) is 0 Å². The summed E-state index contributed by atoms with van der Waals surface area (Å²) in [6, 6.07) is 0.675. The highest BCUT2D eigenvalue weighted by molar-refractivity contribution is 5.76. The zero-order valence-corrected chi connectivity index (χ0v) is 11.1. The van der Waals surface area contributed by atoms with Crippen molar-refractivity contribution in [3.8, 4) is 0 Å². The second kappa shape index (κ2) is 5.75. The van der Waals surface area contributed by atoms with E-state index in [0.29, 0.717) is 25.2 Å². The van der Waals surface area contributed by atoms with Crippen molar-refractivity contribution in [3.63, 3.8) is 0 Å². The number of nitrogens with zero attached hydrogens (tertiary/aromatic N) is 3. The second-order valence-electron chi connectivity index (χ2n) is 4.61. The van der Waals surface area contributed by atoms with Gasteiger partial charge in [0, 0.05) is 38.3 Å². The van der Waals surface area contributed by atoms with Gasteiger partial charge in [0.25, 0.3) is 11.4 Å². The van der Waals surface area contributed by atoms with E-state index in [1.165, 1.54) is 4.90 Å². The zero-order valence-electron chi connectivity index (χ0n) is 11.1. The Balaban J connectivity index is 2.67. The maximum absolute atomic E-state index is 12.8. The summed E-state index contributed by atoms with van der Waals surface area (Å²) in [5, 5.41) is 25.1. The second-order valence-corrected chi connectivity index (χ2v) is 4.61. The summed E-state index contributed by atoms with van der Waals surface area (Å²) < 4.78 is 38.3. The van der Waals surface area contributed by atoms with E-state index in [4.69, 9.17) is 0 Å². The molecule has 1 aromatic rings. The van der Waals surface area contributed by atoms with Crippen molar-refractivity contribution in [2.75, 3.05) is 31.1 Å². The molecule has 2 rings (SSSR count). The van der Waals surface area contributed by atoms with Crippen molar-refractivity contribution >= 4 is 17.1 Å². The summed E-state index contributed by atoms with van der Waals surface area (Å²) in [6.45, 7) is 1.31. The largest absolute Gasteiger partial charge is 0.416 e. The molecule has 0 unspecified atom stereocenters. The fourth-order valence-electron chi connectivity index (χ4n) is 2.26. The fraction of sp³-hybridized carbons (Fsp3) is 0.455. The molecule has 22 heavy (non-hydrogen) atoms. The van der Waals surface area contributed by atoms with Gasteiger partial charge in [-0.05, 0) is 0 Å². The molecule has 8 nitrogen and oxygen atoms in total. The number of nitro groups is 2. The van der Waals surface area contributed by atoms with Crippen LogP contribution in [-0.4, -0.2) is 36.0 Å². The Labute approximate surface area is 121 Å². The van der Waals surface area contributed by atoms with Gasteiger partial charge in [-0.25, -0.2) is 0 Å². The normalized spacial score (nSPS) is 15.7. The van der Waals surface area contributed by atoms with Crippen LogP contribution in [0, 0.1) is 20.2 Å². The number of nitro benzene ring substituents is 2. The lowest BCUT2D eigenvalue weighted by molar-refractivity contribution is -0.393. The lowest BCUT2D eigenvalue weighted by atomic mass is 10.1. The Hall–Kier alpha value is -2.43. The number of nitrogens with one attached hydrogen (secondary N) is 1. The Bertz CT molecular complexity index is 579. The molecule has 0 saturated carbocycles. The number of alkyl halides is 3. The minimum atomic E-state index is -4.91. The highest BCUT2D eigenvalue weighted by Crippen LogP contribution is 2.43. The molecular formula is C11H11F3N4O4. The van der Waals surface area contributed by atoms with Crippen LogP contribution in [0.15, 0.2) is 12.1 Å². The summed E-state index contributed by atoms with van der Waals surface area (Å²) in [5.41, 5.74) is -3.62. The van der Waals surface area contributed by atoms with E-state index < -0.39 is 33.0 Å². The number of piperazine rings is 1. The predicted octanol–water partition coefficient (Wildman–Crippen LogP) is 1.93. The van der Waals surface area contributed by atoms with E-state index in [1.807, 2.05) is 0 Å². The van der Waals surface area contributed by atoms with E-state index >= 15 is 0 Å². The smallest absolute Gasteiger partial charge is 0.358 e. The zero-order chi connectivity index (χ0) is 16.5. The molecule has 1 saturated heterocycles. The van der Waals surface area contributed by atoms with Gasteiger partial charge in [-0.2, -0.15) is 13.2 Å². The Morgan fingerprint density at radius 1 is 1.05 bits per heavy atom. The summed E-state index contributed by atoms with van der Waals surface area (Å²) in [5.74, 6) is 0. The average molecular weight is 320 g/mol. The number of rotatable bonds is 3. The lowest BCUT2D eigenvalue weighted by Gasteiger charge is -2.28. The van der Waals surface area contributed by atoms with Crippen molar-refractivity contribution in [2.45, 2.75) is 6.18 Å². The van der Waals surface area contributed by atoms with Gasteiger partial charge in [-0.3, -0.25) is 20.2 Å². The standard InChI is InChI=1S/C11H11F3N4O4/c12-11(13,14)7-5-8(17(19)20)10(9(6-7)18(21)22)16-3-1-15-2-4-16/h5-6,15H,1-4H2. The van der Waals surface area contributed by atoms with E-state index in [1.54, 1.807) is 0 Å². The molecule has 0 bridgehead atoms. The molecule has 1 aliphatic heterocycles. The average Bonchev–Trinajstić information content (AvgIpc) is 2.45. The Morgan fingerprint density at radius 2 is 1.50 bits per heavy atom. The van der Waals surface area contributed by atoms with Crippen molar-refractivity contribution < 1.29 is 23.0 Å². The van der Waals surface area contributed by atoms with Gasteiger partial charge in [0.1, 0.15) is 0 Å². The first-order chi connectivity index (χ1) is 10.2. The van der Waals surface area contributed by atoms with E-state index in [-0.39, 0.29) is 18.8 Å². The highest BCUT2D eigenvalue weighted by atomic mass is 19.4. The maximum Gasteiger partial charge on any atom is 0.416 e. The van der Waals surface area contributed by atoms with Crippen molar-refractivity contribution in [1.82, 2.24) is 5.32 Å². The number of anilines is 1. The molecule has 0 atom stereocenters. The molecule has 0 radical (unpaired) electrons. The highest BCUT2D eigenvalue weighted by Gasteiger charge is 2.39. The Kier molecular flexibility index (Phi) is 4.17. The first kappa shape index (κ1) is 15.9. The van der Waals surface area contributed by atoms with Gasteiger partial charge in [0.15, 0.2) is 5.69 Å². The third-order valence-electron chi connectivity index (χ3n) is 3.22. The monoisotopic (exact) mass is 320 g/mol. The van der Waals surface area contributed by atoms with Crippen molar-refractivity contribution in [3.05, 3.63) is 37.9 Å². The van der Waals surface area contributed by atoms with Crippen LogP contribution < -0.4 is 10.2 Å².